The minimum atomic E-state index is -3.50. The molecule has 26 heavy (non-hydrogen) atoms. The number of hydrogen-bond acceptors (Lipinski definition) is 4. The van der Waals surface area contributed by atoms with Gasteiger partial charge in [-0.25, -0.2) is 8.42 Å². The van der Waals surface area contributed by atoms with E-state index in [1.165, 1.54) is 16.4 Å². The van der Waals surface area contributed by atoms with Crippen LogP contribution in [0.15, 0.2) is 57.9 Å². The van der Waals surface area contributed by atoms with Crippen LogP contribution in [0.3, 0.4) is 0 Å². The van der Waals surface area contributed by atoms with Gasteiger partial charge in [-0.15, -0.1) is 0 Å². The van der Waals surface area contributed by atoms with Crippen LogP contribution in [0.2, 0.25) is 0 Å². The minimum Gasteiger partial charge on any atom is -0.322 e. The quantitative estimate of drug-likeness (QED) is 0.797. The van der Waals surface area contributed by atoms with Crippen LogP contribution in [0.4, 0.5) is 5.69 Å². The third-order valence-electron chi connectivity index (χ3n) is 4.32. The highest BCUT2D eigenvalue weighted by atomic mass is 79.9. The molecule has 3 rings (SSSR count). The van der Waals surface area contributed by atoms with Gasteiger partial charge in [-0.2, -0.15) is 4.31 Å². The zero-order chi connectivity index (χ0) is 18.7. The molecule has 1 N–H and O–H groups in total. The number of anilines is 1. The van der Waals surface area contributed by atoms with Crippen molar-refractivity contribution in [2.75, 3.05) is 38.5 Å². The van der Waals surface area contributed by atoms with Crippen molar-refractivity contribution >= 4 is 37.5 Å². The van der Waals surface area contributed by atoms with Crippen LogP contribution in [0.1, 0.15) is 10.4 Å². The van der Waals surface area contributed by atoms with Crippen molar-refractivity contribution in [3.05, 3.63) is 58.6 Å². The van der Waals surface area contributed by atoms with Gasteiger partial charge in [0.25, 0.3) is 5.91 Å². The van der Waals surface area contributed by atoms with Crippen LogP contribution in [0, 0.1) is 0 Å². The number of rotatable bonds is 4. The van der Waals surface area contributed by atoms with Gasteiger partial charge in [0.15, 0.2) is 0 Å². The Kier molecular flexibility index (Phi) is 5.76. The lowest BCUT2D eigenvalue weighted by molar-refractivity contribution is 0.102. The number of likely N-dealkylation sites (N-methyl/N-ethyl adjacent to an activating group) is 1. The second-order valence-electron chi connectivity index (χ2n) is 6.19. The van der Waals surface area contributed by atoms with Gasteiger partial charge in [0.05, 0.1) is 4.90 Å². The monoisotopic (exact) mass is 437 g/mol. The average Bonchev–Trinajstić information content (AvgIpc) is 2.63. The molecule has 0 saturated carbocycles. The van der Waals surface area contributed by atoms with E-state index in [2.05, 4.69) is 26.1 Å². The molecule has 0 spiro atoms. The van der Waals surface area contributed by atoms with Gasteiger partial charge in [0.1, 0.15) is 0 Å². The van der Waals surface area contributed by atoms with Crippen LogP contribution in [0.5, 0.6) is 0 Å². The van der Waals surface area contributed by atoms with Crippen LogP contribution in [-0.2, 0) is 10.0 Å². The summed E-state index contributed by atoms with van der Waals surface area (Å²) >= 11 is 3.33. The number of nitrogens with one attached hydrogen (secondary N) is 1. The molecule has 1 amide bonds. The average molecular weight is 438 g/mol. The molecule has 1 saturated heterocycles. The summed E-state index contributed by atoms with van der Waals surface area (Å²) in [5.74, 6) is -0.243. The lowest BCUT2D eigenvalue weighted by Gasteiger charge is -2.31. The Morgan fingerprint density at radius 2 is 1.54 bits per heavy atom. The second-order valence-corrected chi connectivity index (χ2v) is 9.05. The molecule has 1 fully saturated rings. The Balaban J connectivity index is 1.70. The molecule has 6 nitrogen and oxygen atoms in total. The number of halogens is 1. The first kappa shape index (κ1) is 19.0. The van der Waals surface area contributed by atoms with E-state index in [1.807, 2.05) is 7.05 Å². The lowest BCUT2D eigenvalue weighted by atomic mass is 10.2. The van der Waals surface area contributed by atoms with E-state index in [4.69, 9.17) is 0 Å². The first-order valence-electron chi connectivity index (χ1n) is 8.22. The third-order valence-corrected chi connectivity index (χ3v) is 6.76. The topological polar surface area (TPSA) is 69.7 Å². The maximum atomic E-state index is 12.7. The maximum Gasteiger partial charge on any atom is 0.255 e. The highest BCUT2D eigenvalue weighted by Gasteiger charge is 2.27. The van der Waals surface area contributed by atoms with E-state index in [0.29, 0.717) is 24.3 Å². The third kappa shape index (κ3) is 4.32. The zero-order valence-corrected chi connectivity index (χ0v) is 16.8. The van der Waals surface area contributed by atoms with Crippen molar-refractivity contribution < 1.29 is 13.2 Å². The molecule has 0 aromatic heterocycles. The highest BCUT2D eigenvalue weighted by Crippen LogP contribution is 2.20. The van der Waals surface area contributed by atoms with Crippen molar-refractivity contribution in [2.24, 2.45) is 0 Å². The van der Waals surface area contributed by atoms with Crippen LogP contribution >= 0.6 is 15.9 Å². The lowest BCUT2D eigenvalue weighted by Crippen LogP contribution is -2.46. The van der Waals surface area contributed by atoms with E-state index < -0.39 is 10.0 Å². The summed E-state index contributed by atoms with van der Waals surface area (Å²) in [6.07, 6.45) is 0. The summed E-state index contributed by atoms with van der Waals surface area (Å²) in [5, 5.41) is 2.77. The summed E-state index contributed by atoms with van der Waals surface area (Å²) < 4.78 is 27.8. The summed E-state index contributed by atoms with van der Waals surface area (Å²) in [6, 6.07) is 13.3. The summed E-state index contributed by atoms with van der Waals surface area (Å²) in [4.78, 5) is 14.6. The molecule has 1 aliphatic heterocycles. The summed E-state index contributed by atoms with van der Waals surface area (Å²) in [5.41, 5.74) is 1.08. The Bertz CT molecular complexity index is 875. The number of carbonyl (C=O) groups is 1. The van der Waals surface area contributed by atoms with Crippen molar-refractivity contribution in [3.8, 4) is 0 Å². The fraction of sp³-hybridized carbons (Fsp3) is 0.278. The van der Waals surface area contributed by atoms with Gasteiger partial charge in [-0.3, -0.25) is 4.79 Å². The smallest absolute Gasteiger partial charge is 0.255 e. The fourth-order valence-electron chi connectivity index (χ4n) is 2.69. The Hall–Kier alpha value is -1.74. The van der Waals surface area contributed by atoms with Crippen LogP contribution in [0.25, 0.3) is 0 Å². The van der Waals surface area contributed by atoms with E-state index in [-0.39, 0.29) is 10.8 Å². The Morgan fingerprint density at radius 1 is 0.962 bits per heavy atom. The maximum absolute atomic E-state index is 12.7. The summed E-state index contributed by atoms with van der Waals surface area (Å²) in [7, 11) is -1.52. The second kappa shape index (κ2) is 7.87. The van der Waals surface area contributed by atoms with E-state index in [1.54, 1.807) is 36.4 Å². The number of sulfonamides is 1. The molecule has 8 heteroatoms. The number of amides is 1. The highest BCUT2D eigenvalue weighted by molar-refractivity contribution is 9.10. The van der Waals surface area contributed by atoms with Crippen molar-refractivity contribution in [1.29, 1.82) is 0 Å². The van der Waals surface area contributed by atoms with Crippen molar-refractivity contribution in [1.82, 2.24) is 9.21 Å². The normalized spacial score (nSPS) is 16.4. The van der Waals surface area contributed by atoms with Gasteiger partial charge in [-0.1, -0.05) is 15.9 Å². The number of nitrogens with zero attached hydrogens (tertiary/aromatic N) is 2. The molecule has 1 heterocycles. The summed E-state index contributed by atoms with van der Waals surface area (Å²) in [6.45, 7) is 2.42. The van der Waals surface area contributed by atoms with Gasteiger partial charge in [0.2, 0.25) is 10.0 Å². The Labute approximate surface area is 162 Å². The molecule has 1 aliphatic rings. The number of benzene rings is 2. The van der Waals surface area contributed by atoms with Gasteiger partial charge >= 0.3 is 0 Å². The molecule has 0 radical (unpaired) electrons. The largest absolute Gasteiger partial charge is 0.322 e. The van der Waals surface area contributed by atoms with Crippen molar-refractivity contribution in [3.63, 3.8) is 0 Å². The molecule has 0 unspecified atom stereocenters. The molecular weight excluding hydrogens is 418 g/mol. The molecule has 2 aromatic rings. The molecule has 0 bridgehead atoms. The van der Waals surface area contributed by atoms with Crippen LogP contribution < -0.4 is 5.32 Å². The first-order chi connectivity index (χ1) is 12.4. The molecule has 138 valence electrons. The van der Waals surface area contributed by atoms with Gasteiger partial charge in [0, 0.05) is 41.9 Å². The number of piperazine rings is 1. The standard InChI is InChI=1S/C18H20BrN3O3S/c1-21-10-12-22(13-11-21)26(24,25)17-8-6-16(7-9-17)20-18(23)14-2-4-15(19)5-3-14/h2-9H,10-13H2,1H3,(H,20,23). The molecule has 2 aromatic carbocycles. The van der Waals surface area contributed by atoms with E-state index >= 15 is 0 Å². The number of carbonyl (C=O) groups excluding carboxylic acids is 1. The van der Waals surface area contributed by atoms with Crippen LogP contribution in [-0.4, -0.2) is 56.8 Å². The number of hydrogen-bond donors (Lipinski definition) is 1. The van der Waals surface area contributed by atoms with E-state index in [0.717, 1.165) is 17.6 Å². The minimum absolute atomic E-state index is 0.240. The van der Waals surface area contributed by atoms with Gasteiger partial charge < -0.3 is 10.2 Å². The molecule has 0 aliphatic carbocycles. The van der Waals surface area contributed by atoms with Gasteiger partial charge in [-0.05, 0) is 55.6 Å². The first-order valence-corrected chi connectivity index (χ1v) is 10.5. The Morgan fingerprint density at radius 3 is 2.12 bits per heavy atom. The van der Waals surface area contributed by atoms with E-state index in [9.17, 15) is 13.2 Å². The molecular formula is C18H20BrN3O3S. The SMILES string of the molecule is CN1CCN(S(=O)(=O)c2ccc(NC(=O)c3ccc(Br)cc3)cc2)CC1. The predicted molar refractivity (Wildman–Crippen MR) is 105 cm³/mol. The molecule has 0 atom stereocenters. The zero-order valence-electron chi connectivity index (χ0n) is 14.4. The van der Waals surface area contributed by atoms with Crippen molar-refractivity contribution in [2.45, 2.75) is 4.90 Å². The fourth-order valence-corrected chi connectivity index (χ4v) is 4.38. The predicted octanol–water partition coefficient (Wildman–Crippen LogP) is 2.64.